The van der Waals surface area contributed by atoms with Crippen LogP contribution in [0.5, 0.6) is 11.5 Å². The van der Waals surface area contributed by atoms with Crippen molar-refractivity contribution in [3.8, 4) is 17.6 Å². The number of rotatable bonds is 9. The summed E-state index contributed by atoms with van der Waals surface area (Å²) < 4.78 is 21.0. The average Bonchev–Trinajstić information content (AvgIpc) is 3.66. The molecule has 0 spiro atoms. The molecule has 248 valence electrons. The third kappa shape index (κ3) is 5.78. The number of carbonyl (C=O) groups excluding carboxylic acids is 1. The highest BCUT2D eigenvalue weighted by molar-refractivity contribution is 7.07. The van der Waals surface area contributed by atoms with Gasteiger partial charge in [-0.05, 0) is 42.8 Å². The second-order valence-electron chi connectivity index (χ2n) is 11.5. The van der Waals surface area contributed by atoms with Gasteiger partial charge in [-0.15, -0.1) is 0 Å². The zero-order valence-corrected chi connectivity index (χ0v) is 28.4. The normalized spacial score (nSPS) is 14.2. The average molecular weight is 681 g/mol. The zero-order chi connectivity index (χ0) is 34.8. The minimum Gasteiger partial charge on any atom is -0.497 e. The smallest absolute Gasteiger partial charge is 0.338 e. The highest BCUT2D eigenvalue weighted by Crippen LogP contribution is 2.40. The molecule has 0 fully saturated rings. The molecule has 0 saturated heterocycles. The van der Waals surface area contributed by atoms with Gasteiger partial charge in [0.1, 0.15) is 17.5 Å². The van der Waals surface area contributed by atoms with Gasteiger partial charge in [-0.1, -0.05) is 78.1 Å². The second kappa shape index (κ2) is 13.7. The monoisotopic (exact) mass is 680 g/mol. The Kier molecular flexibility index (Phi) is 8.90. The molecule has 50 heavy (non-hydrogen) atoms. The van der Waals surface area contributed by atoms with E-state index < -0.39 is 12.0 Å². The van der Waals surface area contributed by atoms with Crippen LogP contribution in [0.2, 0.25) is 0 Å². The Morgan fingerprint density at radius 2 is 1.74 bits per heavy atom. The van der Waals surface area contributed by atoms with Crippen LogP contribution in [0.25, 0.3) is 22.7 Å². The molecule has 0 amide bonds. The van der Waals surface area contributed by atoms with Crippen LogP contribution in [0.3, 0.4) is 0 Å². The van der Waals surface area contributed by atoms with E-state index in [-0.39, 0.29) is 17.7 Å². The van der Waals surface area contributed by atoms with Crippen LogP contribution in [0.1, 0.15) is 40.8 Å². The lowest BCUT2D eigenvalue weighted by atomic mass is 9.92. The molecular weight excluding hydrogens is 649 g/mol. The summed E-state index contributed by atoms with van der Waals surface area (Å²) in [6.07, 6.45) is 3.87. The number of fused-ring (bicyclic) bond motifs is 2. The Labute approximate surface area is 291 Å². The summed E-state index contributed by atoms with van der Waals surface area (Å²) in [5, 5.41) is 10.7. The molecule has 4 aromatic carbocycles. The Balaban J connectivity index is 1.47. The first-order valence-corrected chi connectivity index (χ1v) is 16.8. The molecule has 10 heteroatoms. The van der Waals surface area contributed by atoms with Crippen molar-refractivity contribution in [1.82, 2.24) is 9.13 Å². The SMILES string of the molecule is CCOC(=O)C1=C(c2ccccc2)N=c2s/c(=C\c3cn(Cc4ccccc4C#N)c4ccccc34)c(=O)n2[C@H]1c1ccc(OC)cc1OC. The first kappa shape index (κ1) is 32.4. The molecule has 1 atom stereocenters. The molecule has 0 N–H and O–H groups in total. The molecule has 9 nitrogen and oxygen atoms in total. The van der Waals surface area contributed by atoms with Gasteiger partial charge in [0.25, 0.3) is 5.56 Å². The molecule has 0 bridgehead atoms. The number of carbonyl (C=O) groups is 1. The topological polar surface area (TPSA) is 108 Å². The summed E-state index contributed by atoms with van der Waals surface area (Å²) in [6, 6.07) is 31.6. The summed E-state index contributed by atoms with van der Waals surface area (Å²) in [6.45, 7) is 2.37. The number of methoxy groups -OCH3 is 2. The van der Waals surface area contributed by atoms with Crippen molar-refractivity contribution in [2.24, 2.45) is 4.99 Å². The van der Waals surface area contributed by atoms with Crippen molar-refractivity contribution in [3.05, 3.63) is 156 Å². The highest BCUT2D eigenvalue weighted by Gasteiger charge is 2.37. The van der Waals surface area contributed by atoms with Crippen molar-refractivity contribution < 1.29 is 19.0 Å². The lowest BCUT2D eigenvalue weighted by Gasteiger charge is -2.27. The molecule has 1 aliphatic heterocycles. The maximum Gasteiger partial charge on any atom is 0.338 e. The van der Waals surface area contributed by atoms with E-state index in [4.69, 9.17) is 19.2 Å². The predicted octanol–water partition coefficient (Wildman–Crippen LogP) is 5.83. The summed E-state index contributed by atoms with van der Waals surface area (Å²) in [5.74, 6) is 0.436. The van der Waals surface area contributed by atoms with Crippen molar-refractivity contribution in [2.75, 3.05) is 20.8 Å². The van der Waals surface area contributed by atoms with Gasteiger partial charge in [-0.2, -0.15) is 5.26 Å². The van der Waals surface area contributed by atoms with Gasteiger partial charge < -0.3 is 18.8 Å². The fourth-order valence-electron chi connectivity index (χ4n) is 6.39. The second-order valence-corrected chi connectivity index (χ2v) is 12.5. The highest BCUT2D eigenvalue weighted by atomic mass is 32.1. The summed E-state index contributed by atoms with van der Waals surface area (Å²) in [4.78, 5) is 33.9. The largest absolute Gasteiger partial charge is 0.497 e. The number of hydrogen-bond acceptors (Lipinski definition) is 8. The lowest BCUT2D eigenvalue weighted by Crippen LogP contribution is -2.40. The van der Waals surface area contributed by atoms with Crippen LogP contribution in [-0.4, -0.2) is 35.9 Å². The Hall–Kier alpha value is -6.18. The lowest BCUT2D eigenvalue weighted by molar-refractivity contribution is -0.138. The van der Waals surface area contributed by atoms with Gasteiger partial charge >= 0.3 is 5.97 Å². The minimum atomic E-state index is -0.910. The number of para-hydroxylation sites is 1. The molecule has 2 aromatic heterocycles. The third-order valence-corrected chi connectivity index (χ3v) is 9.68. The number of hydrogen-bond donors (Lipinski definition) is 0. The van der Waals surface area contributed by atoms with E-state index in [1.807, 2.05) is 91.1 Å². The molecule has 0 aliphatic carbocycles. The first-order chi connectivity index (χ1) is 24.4. The predicted molar refractivity (Wildman–Crippen MR) is 193 cm³/mol. The fraction of sp³-hybridized carbons (Fsp3) is 0.150. The van der Waals surface area contributed by atoms with Crippen molar-refractivity contribution >= 4 is 40.0 Å². The van der Waals surface area contributed by atoms with E-state index >= 15 is 0 Å². The van der Waals surface area contributed by atoms with Crippen LogP contribution in [0, 0.1) is 11.3 Å². The molecule has 7 rings (SSSR count). The number of nitrogens with zero attached hydrogens (tertiary/aromatic N) is 4. The van der Waals surface area contributed by atoms with Crippen LogP contribution < -0.4 is 24.4 Å². The molecule has 6 aromatic rings. The number of esters is 1. The number of nitriles is 1. The maximum absolute atomic E-state index is 14.6. The Bertz CT molecular complexity index is 2520. The zero-order valence-electron chi connectivity index (χ0n) is 27.6. The number of benzene rings is 4. The van der Waals surface area contributed by atoms with Crippen LogP contribution in [0.4, 0.5) is 0 Å². The Morgan fingerprint density at radius 1 is 0.980 bits per heavy atom. The quantitative estimate of drug-likeness (QED) is 0.178. The molecular formula is C40H32N4O5S. The van der Waals surface area contributed by atoms with Gasteiger partial charge in [0.05, 0.1) is 48.3 Å². The van der Waals surface area contributed by atoms with E-state index in [1.165, 1.54) is 11.3 Å². The number of thiazole rings is 1. The third-order valence-electron chi connectivity index (χ3n) is 8.69. The number of aromatic nitrogens is 2. The van der Waals surface area contributed by atoms with Crippen LogP contribution in [-0.2, 0) is 16.1 Å². The molecule has 1 aliphatic rings. The standard InChI is InChI=1S/C40H32N4O5S/c1-4-49-39(46)35-36(25-12-6-5-7-13-25)42-40-44(37(35)31-19-18-29(47-2)21-33(31)48-3)38(45)34(50-40)20-28-24-43(32-17-11-10-16-30(28)32)23-27-15-9-8-14-26(27)22-41/h5-21,24,37H,4,23H2,1-3H3/b34-20-/t37-/m0/s1. The summed E-state index contributed by atoms with van der Waals surface area (Å²) >= 11 is 1.25. The first-order valence-electron chi connectivity index (χ1n) is 16.0. The molecule has 0 unspecified atom stereocenters. The van der Waals surface area contributed by atoms with Crippen LogP contribution in [0.15, 0.2) is 119 Å². The van der Waals surface area contributed by atoms with Gasteiger partial charge in [-0.25, -0.2) is 9.79 Å². The maximum atomic E-state index is 14.6. The van der Waals surface area contributed by atoms with Crippen molar-refractivity contribution in [1.29, 1.82) is 5.26 Å². The van der Waals surface area contributed by atoms with Gasteiger partial charge in [0, 0.05) is 46.4 Å². The Morgan fingerprint density at radius 3 is 2.50 bits per heavy atom. The van der Waals surface area contributed by atoms with Crippen LogP contribution >= 0.6 is 11.3 Å². The summed E-state index contributed by atoms with van der Waals surface area (Å²) in [7, 11) is 3.10. The van der Waals surface area contributed by atoms with Crippen molar-refractivity contribution in [2.45, 2.75) is 19.5 Å². The van der Waals surface area contributed by atoms with E-state index in [0.29, 0.717) is 49.8 Å². The van der Waals surface area contributed by atoms with E-state index in [0.717, 1.165) is 22.0 Å². The van der Waals surface area contributed by atoms with Gasteiger partial charge in [0.2, 0.25) is 0 Å². The molecule has 3 heterocycles. The van der Waals surface area contributed by atoms with E-state index in [9.17, 15) is 14.9 Å². The van der Waals surface area contributed by atoms with Gasteiger partial charge in [-0.3, -0.25) is 9.36 Å². The van der Waals surface area contributed by atoms with Gasteiger partial charge in [0.15, 0.2) is 4.80 Å². The molecule has 0 radical (unpaired) electrons. The minimum absolute atomic E-state index is 0.143. The molecule has 0 saturated carbocycles. The van der Waals surface area contributed by atoms with Crippen molar-refractivity contribution in [3.63, 3.8) is 0 Å². The van der Waals surface area contributed by atoms with E-state index in [1.54, 1.807) is 43.9 Å². The summed E-state index contributed by atoms with van der Waals surface area (Å²) in [5.41, 5.74) is 4.96. The van der Waals surface area contributed by atoms with E-state index in [2.05, 4.69) is 10.6 Å². The fourth-order valence-corrected chi connectivity index (χ4v) is 7.38. The number of ether oxygens (including phenoxy) is 3.